The van der Waals surface area contributed by atoms with Crippen molar-refractivity contribution in [3.8, 4) is 5.82 Å². The molecule has 0 radical (unpaired) electrons. The Kier molecular flexibility index (Phi) is 8.00. The number of imidazole rings is 1. The molecule has 0 aromatic carbocycles. The Morgan fingerprint density at radius 2 is 1.73 bits per heavy atom. The van der Waals surface area contributed by atoms with Gasteiger partial charge in [0.05, 0.1) is 5.69 Å². The van der Waals surface area contributed by atoms with Crippen LogP contribution in [0.15, 0.2) is 36.9 Å². The number of hydrogen-bond donors (Lipinski definition) is 1. The van der Waals surface area contributed by atoms with Crippen LogP contribution in [0.3, 0.4) is 0 Å². The minimum atomic E-state index is -1.11. The third-order valence-electron chi connectivity index (χ3n) is 6.30. The molecule has 10 nitrogen and oxygen atoms in total. The van der Waals surface area contributed by atoms with Crippen LogP contribution in [0.25, 0.3) is 5.82 Å². The smallest absolute Gasteiger partial charge is 0.419 e. The van der Waals surface area contributed by atoms with E-state index in [9.17, 15) is 19.5 Å². The molecule has 3 rings (SSSR count). The van der Waals surface area contributed by atoms with Gasteiger partial charge >= 0.3 is 18.2 Å². The van der Waals surface area contributed by atoms with E-state index in [2.05, 4.69) is 9.97 Å². The molecule has 2 aromatic rings. The van der Waals surface area contributed by atoms with E-state index in [1.807, 2.05) is 19.1 Å². The molecule has 1 fully saturated rings. The summed E-state index contributed by atoms with van der Waals surface area (Å²) < 4.78 is 12.6. The minimum Gasteiger partial charge on any atom is -0.481 e. The molecule has 1 aliphatic rings. The number of rotatable bonds is 8. The first-order valence-corrected chi connectivity index (χ1v) is 12.6. The molecule has 0 saturated heterocycles. The zero-order valence-corrected chi connectivity index (χ0v) is 22.7. The van der Waals surface area contributed by atoms with Crippen LogP contribution >= 0.6 is 0 Å². The Bertz CT molecular complexity index is 1090. The van der Waals surface area contributed by atoms with Crippen LogP contribution in [0.2, 0.25) is 0 Å². The van der Waals surface area contributed by atoms with E-state index in [0.29, 0.717) is 30.8 Å². The summed E-state index contributed by atoms with van der Waals surface area (Å²) in [5, 5.41) is 10.2. The summed E-state index contributed by atoms with van der Waals surface area (Å²) in [4.78, 5) is 48.0. The number of aromatic nitrogens is 3. The number of aliphatic carboxylic acids is 1. The fourth-order valence-electron chi connectivity index (χ4n) is 4.37. The van der Waals surface area contributed by atoms with Crippen molar-refractivity contribution in [1.82, 2.24) is 19.4 Å². The van der Waals surface area contributed by atoms with E-state index >= 15 is 0 Å². The van der Waals surface area contributed by atoms with Crippen LogP contribution in [0.5, 0.6) is 0 Å². The standard InChI is InChI=1S/C27H38N4O6/c1-8-18(15-31(23(34)36-25(2,3)4)24(35)37-26(5,6)7)13-19-14-27(19,22(32)33)20-16-30(17-29-20)21-11-9-10-12-28-21/h9-12,16-19H,8,13-15H2,1-7H3,(H,32,33)/t18-,19+,27-/m1/s1. The topological polar surface area (TPSA) is 124 Å². The Morgan fingerprint density at radius 1 is 1.11 bits per heavy atom. The molecule has 0 spiro atoms. The number of imide groups is 1. The lowest BCUT2D eigenvalue weighted by Gasteiger charge is -2.30. The summed E-state index contributed by atoms with van der Waals surface area (Å²) >= 11 is 0. The quantitative estimate of drug-likeness (QED) is 0.510. The highest BCUT2D eigenvalue weighted by molar-refractivity contribution is 5.88. The highest BCUT2D eigenvalue weighted by Gasteiger charge is 2.63. The molecule has 0 unspecified atom stereocenters. The zero-order valence-electron chi connectivity index (χ0n) is 22.7. The zero-order chi connectivity index (χ0) is 27.6. The SMILES string of the molecule is CC[C@H](C[C@H]1C[C@]1(C(=O)O)c1cn(-c2ccccn2)cn1)CN(C(=O)OC(C)(C)C)C(=O)OC(C)(C)C. The Balaban J connectivity index is 1.78. The van der Waals surface area contributed by atoms with Gasteiger partial charge in [-0.25, -0.2) is 24.5 Å². The molecule has 1 saturated carbocycles. The fourth-order valence-corrected chi connectivity index (χ4v) is 4.37. The van der Waals surface area contributed by atoms with Crippen molar-refractivity contribution in [3.05, 3.63) is 42.6 Å². The van der Waals surface area contributed by atoms with Crippen molar-refractivity contribution in [1.29, 1.82) is 0 Å². The number of carboxylic acids is 1. The van der Waals surface area contributed by atoms with Crippen molar-refractivity contribution in [2.45, 2.75) is 84.3 Å². The number of amides is 2. The van der Waals surface area contributed by atoms with Gasteiger partial charge in [-0.15, -0.1) is 0 Å². The number of hydrogen-bond acceptors (Lipinski definition) is 7. The molecule has 0 bridgehead atoms. The molecule has 2 heterocycles. The summed E-state index contributed by atoms with van der Waals surface area (Å²) in [6.45, 7) is 12.4. The van der Waals surface area contributed by atoms with E-state index in [1.165, 1.54) is 0 Å². The predicted octanol–water partition coefficient (Wildman–Crippen LogP) is 5.20. The minimum absolute atomic E-state index is 0.0644. The third kappa shape index (κ3) is 6.87. The molecule has 10 heteroatoms. The monoisotopic (exact) mass is 514 g/mol. The number of pyridine rings is 1. The molecule has 2 aromatic heterocycles. The number of nitrogens with zero attached hydrogens (tertiary/aromatic N) is 4. The molecule has 0 aliphatic heterocycles. The average molecular weight is 515 g/mol. The van der Waals surface area contributed by atoms with Crippen molar-refractivity contribution in [2.24, 2.45) is 11.8 Å². The van der Waals surface area contributed by atoms with Gasteiger partial charge in [0.2, 0.25) is 0 Å². The third-order valence-corrected chi connectivity index (χ3v) is 6.30. The van der Waals surface area contributed by atoms with Gasteiger partial charge in [-0.3, -0.25) is 9.36 Å². The summed E-state index contributed by atoms with van der Waals surface area (Å²) in [5.74, 6) is -0.629. The summed E-state index contributed by atoms with van der Waals surface area (Å²) in [6, 6.07) is 5.47. The number of ether oxygens (including phenoxy) is 2. The highest BCUT2D eigenvalue weighted by atomic mass is 16.6. The number of carboxylic acid groups (broad SMARTS) is 1. The first kappa shape index (κ1) is 28.1. The maximum atomic E-state index is 12.9. The molecule has 3 atom stereocenters. The van der Waals surface area contributed by atoms with E-state index in [0.717, 1.165) is 4.90 Å². The lowest BCUT2D eigenvalue weighted by atomic mass is 9.92. The first-order valence-electron chi connectivity index (χ1n) is 12.6. The van der Waals surface area contributed by atoms with Gasteiger partial charge in [0.1, 0.15) is 28.8 Å². The Labute approximate surface area is 218 Å². The summed E-state index contributed by atoms with van der Waals surface area (Å²) in [6.07, 6.45) is 4.95. The van der Waals surface area contributed by atoms with Crippen molar-refractivity contribution in [3.63, 3.8) is 0 Å². The van der Waals surface area contributed by atoms with Gasteiger partial charge in [-0.05, 0) is 78.4 Å². The van der Waals surface area contributed by atoms with Crippen LogP contribution in [0, 0.1) is 11.8 Å². The largest absolute Gasteiger partial charge is 0.481 e. The van der Waals surface area contributed by atoms with Gasteiger partial charge in [0, 0.05) is 18.9 Å². The fraction of sp³-hybridized carbons (Fsp3) is 0.593. The van der Waals surface area contributed by atoms with Crippen LogP contribution < -0.4 is 0 Å². The van der Waals surface area contributed by atoms with Crippen molar-refractivity contribution in [2.75, 3.05) is 6.54 Å². The second-order valence-electron chi connectivity index (χ2n) is 11.6. The molecule has 202 valence electrons. The first-order chi connectivity index (χ1) is 17.2. The Morgan fingerprint density at radius 3 is 2.22 bits per heavy atom. The van der Waals surface area contributed by atoms with Gasteiger partial charge in [0.15, 0.2) is 0 Å². The molecule has 37 heavy (non-hydrogen) atoms. The molecular formula is C27H38N4O6. The van der Waals surface area contributed by atoms with E-state index < -0.39 is 34.8 Å². The second kappa shape index (κ2) is 10.5. The molecule has 1 aliphatic carbocycles. The Hall–Kier alpha value is -3.43. The number of carbonyl (C=O) groups is 3. The summed E-state index contributed by atoms with van der Waals surface area (Å²) in [5.41, 5.74) is -2.22. The van der Waals surface area contributed by atoms with E-state index in [-0.39, 0.29) is 18.4 Å². The maximum absolute atomic E-state index is 12.9. The molecule has 2 amide bonds. The van der Waals surface area contributed by atoms with Crippen molar-refractivity contribution >= 4 is 18.2 Å². The van der Waals surface area contributed by atoms with Gasteiger partial charge in [0.25, 0.3) is 0 Å². The van der Waals surface area contributed by atoms with E-state index in [4.69, 9.17) is 9.47 Å². The lowest BCUT2D eigenvalue weighted by molar-refractivity contribution is -0.140. The normalized spacial score (nSPS) is 20.1. The average Bonchev–Trinajstić information content (AvgIpc) is 3.29. The lowest BCUT2D eigenvalue weighted by Crippen LogP contribution is -2.45. The van der Waals surface area contributed by atoms with Crippen molar-refractivity contribution < 1.29 is 29.0 Å². The second-order valence-corrected chi connectivity index (χ2v) is 11.6. The van der Waals surface area contributed by atoms with Gasteiger partial charge in [-0.1, -0.05) is 19.4 Å². The van der Waals surface area contributed by atoms with Gasteiger partial charge in [-0.2, -0.15) is 0 Å². The van der Waals surface area contributed by atoms with Crippen LogP contribution in [0.4, 0.5) is 9.59 Å². The molecule has 1 N–H and O–H groups in total. The van der Waals surface area contributed by atoms with Crippen LogP contribution in [0.1, 0.15) is 73.4 Å². The molecular weight excluding hydrogens is 476 g/mol. The van der Waals surface area contributed by atoms with Crippen LogP contribution in [-0.2, 0) is 19.7 Å². The number of carbonyl (C=O) groups excluding carboxylic acids is 2. The van der Waals surface area contributed by atoms with E-state index in [1.54, 1.807) is 70.9 Å². The van der Waals surface area contributed by atoms with Crippen LogP contribution in [-0.4, -0.2) is 60.4 Å². The predicted molar refractivity (Wildman–Crippen MR) is 136 cm³/mol. The summed E-state index contributed by atoms with van der Waals surface area (Å²) in [7, 11) is 0. The highest BCUT2D eigenvalue weighted by Crippen LogP contribution is 2.57. The van der Waals surface area contributed by atoms with Gasteiger partial charge < -0.3 is 14.6 Å². The maximum Gasteiger partial charge on any atom is 0.419 e.